The standard InChI is InChI=1S/C13H15N3OS/c17-13(7-12-2-1-5-18-12)15-10-3-4-16-9-14-8-11(16)6-10/h1-2,5,8-10H,3-4,6-7H2,(H,15,17). The molecule has 0 aliphatic carbocycles. The number of thiophene rings is 1. The van der Waals surface area contributed by atoms with Crippen molar-refractivity contribution in [3.05, 3.63) is 40.6 Å². The maximum atomic E-state index is 11.9. The molecule has 4 nitrogen and oxygen atoms in total. The molecular weight excluding hydrogens is 246 g/mol. The van der Waals surface area contributed by atoms with E-state index in [0.29, 0.717) is 6.42 Å². The van der Waals surface area contributed by atoms with Crippen LogP contribution in [0.4, 0.5) is 0 Å². The molecule has 1 N–H and O–H groups in total. The van der Waals surface area contributed by atoms with Gasteiger partial charge in [0.15, 0.2) is 0 Å². The molecule has 2 aromatic heterocycles. The van der Waals surface area contributed by atoms with Crippen LogP contribution in [-0.2, 0) is 24.2 Å². The number of imidazole rings is 1. The van der Waals surface area contributed by atoms with Crippen LogP contribution in [0.1, 0.15) is 17.0 Å². The topological polar surface area (TPSA) is 46.9 Å². The fraction of sp³-hybridized carbons (Fsp3) is 0.385. The van der Waals surface area contributed by atoms with Gasteiger partial charge in [-0.3, -0.25) is 4.79 Å². The van der Waals surface area contributed by atoms with Crippen molar-refractivity contribution in [3.8, 4) is 0 Å². The Hall–Kier alpha value is -1.62. The van der Waals surface area contributed by atoms with Crippen molar-refractivity contribution in [1.29, 1.82) is 0 Å². The van der Waals surface area contributed by atoms with Gasteiger partial charge in [-0.25, -0.2) is 4.98 Å². The van der Waals surface area contributed by atoms with E-state index < -0.39 is 0 Å². The Morgan fingerprint density at radius 1 is 1.61 bits per heavy atom. The lowest BCUT2D eigenvalue weighted by Gasteiger charge is -2.24. The highest BCUT2D eigenvalue weighted by atomic mass is 32.1. The van der Waals surface area contributed by atoms with Crippen molar-refractivity contribution in [2.45, 2.75) is 31.8 Å². The second-order valence-corrected chi connectivity index (χ2v) is 5.62. The summed E-state index contributed by atoms with van der Waals surface area (Å²) in [6.07, 6.45) is 6.11. The highest BCUT2D eigenvalue weighted by Gasteiger charge is 2.20. The Morgan fingerprint density at radius 3 is 3.39 bits per heavy atom. The van der Waals surface area contributed by atoms with Gasteiger partial charge in [0.25, 0.3) is 0 Å². The van der Waals surface area contributed by atoms with Crippen LogP contribution in [-0.4, -0.2) is 21.5 Å². The van der Waals surface area contributed by atoms with Crippen LogP contribution in [0.25, 0.3) is 0 Å². The van der Waals surface area contributed by atoms with E-state index in [9.17, 15) is 4.79 Å². The molecule has 18 heavy (non-hydrogen) atoms. The quantitative estimate of drug-likeness (QED) is 0.912. The van der Waals surface area contributed by atoms with Gasteiger partial charge in [-0.05, 0) is 17.9 Å². The lowest BCUT2D eigenvalue weighted by Crippen LogP contribution is -2.40. The minimum atomic E-state index is 0.121. The number of nitrogens with one attached hydrogen (secondary N) is 1. The van der Waals surface area contributed by atoms with Crippen LogP contribution < -0.4 is 5.32 Å². The third-order valence-corrected chi connectivity index (χ3v) is 4.13. The minimum Gasteiger partial charge on any atom is -0.353 e. The normalized spacial score (nSPS) is 18.3. The molecule has 5 heteroatoms. The van der Waals surface area contributed by atoms with E-state index in [4.69, 9.17) is 0 Å². The van der Waals surface area contributed by atoms with E-state index >= 15 is 0 Å². The van der Waals surface area contributed by atoms with Crippen LogP contribution in [0, 0.1) is 0 Å². The number of amides is 1. The molecule has 3 rings (SSSR count). The van der Waals surface area contributed by atoms with Crippen LogP contribution in [0.5, 0.6) is 0 Å². The summed E-state index contributed by atoms with van der Waals surface area (Å²) < 4.78 is 2.15. The SMILES string of the molecule is O=C(Cc1cccs1)NC1CCn2cncc2C1. The highest BCUT2D eigenvalue weighted by molar-refractivity contribution is 7.10. The van der Waals surface area contributed by atoms with Crippen LogP contribution in [0.2, 0.25) is 0 Å². The van der Waals surface area contributed by atoms with E-state index in [2.05, 4.69) is 14.9 Å². The number of aromatic nitrogens is 2. The predicted octanol–water partition coefficient (Wildman–Crippen LogP) is 1.62. The summed E-state index contributed by atoms with van der Waals surface area (Å²) in [5.74, 6) is 0.121. The van der Waals surface area contributed by atoms with Gasteiger partial charge >= 0.3 is 0 Å². The van der Waals surface area contributed by atoms with E-state index in [1.165, 1.54) is 5.69 Å². The first kappa shape index (κ1) is 11.5. The third-order valence-electron chi connectivity index (χ3n) is 3.25. The smallest absolute Gasteiger partial charge is 0.225 e. The summed E-state index contributed by atoms with van der Waals surface area (Å²) in [4.78, 5) is 17.2. The van der Waals surface area contributed by atoms with E-state index in [0.717, 1.165) is 24.3 Å². The molecule has 1 unspecified atom stereocenters. The Labute approximate surface area is 110 Å². The number of aryl methyl sites for hydroxylation is 1. The molecular formula is C13H15N3OS. The molecule has 2 aromatic rings. The Morgan fingerprint density at radius 2 is 2.56 bits per heavy atom. The zero-order valence-corrected chi connectivity index (χ0v) is 10.8. The maximum absolute atomic E-state index is 11.9. The van der Waals surface area contributed by atoms with E-state index in [-0.39, 0.29) is 11.9 Å². The van der Waals surface area contributed by atoms with Crippen molar-refractivity contribution < 1.29 is 4.79 Å². The van der Waals surface area contributed by atoms with Crippen molar-refractivity contribution in [2.75, 3.05) is 0 Å². The van der Waals surface area contributed by atoms with Gasteiger partial charge in [-0.2, -0.15) is 0 Å². The zero-order valence-electron chi connectivity index (χ0n) is 10.0. The van der Waals surface area contributed by atoms with Gasteiger partial charge in [-0.1, -0.05) is 6.07 Å². The monoisotopic (exact) mass is 261 g/mol. The largest absolute Gasteiger partial charge is 0.353 e. The Bertz CT molecular complexity index is 532. The fourth-order valence-electron chi connectivity index (χ4n) is 2.34. The molecule has 0 aromatic carbocycles. The van der Waals surface area contributed by atoms with Gasteiger partial charge < -0.3 is 9.88 Å². The summed E-state index contributed by atoms with van der Waals surface area (Å²) in [5, 5.41) is 5.12. The summed E-state index contributed by atoms with van der Waals surface area (Å²) in [5.41, 5.74) is 1.21. The van der Waals surface area contributed by atoms with Crippen molar-refractivity contribution >= 4 is 17.2 Å². The first-order valence-electron chi connectivity index (χ1n) is 6.12. The molecule has 0 fully saturated rings. The molecule has 1 aliphatic heterocycles. The van der Waals surface area contributed by atoms with Gasteiger partial charge in [0.05, 0.1) is 12.7 Å². The molecule has 94 valence electrons. The molecule has 1 amide bonds. The number of carbonyl (C=O) groups excluding carboxylic acids is 1. The maximum Gasteiger partial charge on any atom is 0.225 e. The Balaban J connectivity index is 1.56. The number of hydrogen-bond donors (Lipinski definition) is 1. The number of carbonyl (C=O) groups is 1. The average Bonchev–Trinajstić information content (AvgIpc) is 2.98. The number of fused-ring (bicyclic) bond motifs is 1. The zero-order chi connectivity index (χ0) is 12.4. The predicted molar refractivity (Wildman–Crippen MR) is 70.5 cm³/mol. The minimum absolute atomic E-state index is 0.121. The molecule has 1 atom stereocenters. The van der Waals surface area contributed by atoms with E-state index in [1.807, 2.05) is 30.0 Å². The molecule has 0 saturated heterocycles. The molecule has 1 aliphatic rings. The summed E-state index contributed by atoms with van der Waals surface area (Å²) >= 11 is 1.63. The second kappa shape index (κ2) is 4.94. The molecule has 0 saturated carbocycles. The van der Waals surface area contributed by atoms with Gasteiger partial charge in [-0.15, -0.1) is 11.3 Å². The van der Waals surface area contributed by atoms with Crippen molar-refractivity contribution in [3.63, 3.8) is 0 Å². The van der Waals surface area contributed by atoms with Crippen molar-refractivity contribution in [1.82, 2.24) is 14.9 Å². The molecule has 0 bridgehead atoms. The van der Waals surface area contributed by atoms with Crippen LogP contribution in [0.3, 0.4) is 0 Å². The summed E-state index contributed by atoms with van der Waals surface area (Å²) in [7, 11) is 0. The van der Waals surface area contributed by atoms with Crippen LogP contribution >= 0.6 is 11.3 Å². The molecule has 0 radical (unpaired) electrons. The second-order valence-electron chi connectivity index (χ2n) is 4.59. The summed E-state index contributed by atoms with van der Waals surface area (Å²) in [6, 6.07) is 4.23. The number of hydrogen-bond acceptors (Lipinski definition) is 3. The van der Waals surface area contributed by atoms with Crippen molar-refractivity contribution in [2.24, 2.45) is 0 Å². The fourth-order valence-corrected chi connectivity index (χ4v) is 3.05. The van der Waals surface area contributed by atoms with Gasteiger partial charge in [0.1, 0.15) is 0 Å². The first-order chi connectivity index (χ1) is 8.81. The van der Waals surface area contributed by atoms with Crippen LogP contribution in [0.15, 0.2) is 30.0 Å². The molecule has 0 spiro atoms. The Kier molecular flexibility index (Phi) is 3.15. The first-order valence-corrected chi connectivity index (χ1v) is 7.00. The number of nitrogens with zero attached hydrogens (tertiary/aromatic N) is 2. The number of rotatable bonds is 3. The van der Waals surface area contributed by atoms with Gasteiger partial charge in [0, 0.05) is 35.8 Å². The lowest BCUT2D eigenvalue weighted by molar-refractivity contribution is -0.121. The molecule has 3 heterocycles. The van der Waals surface area contributed by atoms with Gasteiger partial charge in [0.2, 0.25) is 5.91 Å². The average molecular weight is 261 g/mol. The lowest BCUT2D eigenvalue weighted by atomic mass is 10.0. The highest BCUT2D eigenvalue weighted by Crippen LogP contribution is 2.15. The van der Waals surface area contributed by atoms with E-state index in [1.54, 1.807) is 11.3 Å². The summed E-state index contributed by atoms with van der Waals surface area (Å²) in [6.45, 7) is 0.944. The third kappa shape index (κ3) is 2.46.